The molecule has 0 aliphatic carbocycles. The normalized spacial score (nSPS) is 10.3. The van der Waals surface area contributed by atoms with Crippen LogP contribution < -0.4 is 15.2 Å². The minimum Gasteiger partial charge on any atom is -0.490 e. The van der Waals surface area contributed by atoms with Gasteiger partial charge in [0.1, 0.15) is 6.61 Å². The molecule has 0 unspecified atom stereocenters. The Morgan fingerprint density at radius 1 is 1.23 bits per heavy atom. The van der Waals surface area contributed by atoms with E-state index in [0.717, 1.165) is 11.1 Å². The van der Waals surface area contributed by atoms with Gasteiger partial charge in [-0.15, -0.1) is 0 Å². The molecule has 2 rings (SSSR count). The fourth-order valence-electron chi connectivity index (χ4n) is 2.04. The number of halogens is 1. The Morgan fingerprint density at radius 3 is 2.59 bits per heavy atom. The number of hydrogen-bond acceptors (Lipinski definition) is 3. The van der Waals surface area contributed by atoms with E-state index < -0.39 is 5.91 Å². The summed E-state index contributed by atoms with van der Waals surface area (Å²) < 4.78 is 11.3. The first-order valence-electron chi connectivity index (χ1n) is 6.96. The van der Waals surface area contributed by atoms with Crippen LogP contribution in [0.1, 0.15) is 28.4 Å². The standard InChI is InChI=1S/C17H18ClNO3/c1-3-21-15-9-13(17(19)20)8-14(18)16(15)22-10-12-7-5-4-6-11(12)2/h4-9H,3,10H2,1-2H3,(H2,19,20). The predicted molar refractivity (Wildman–Crippen MR) is 86.6 cm³/mol. The summed E-state index contributed by atoms with van der Waals surface area (Å²) in [4.78, 5) is 11.3. The summed E-state index contributed by atoms with van der Waals surface area (Å²) >= 11 is 6.21. The SMILES string of the molecule is CCOc1cc(C(N)=O)cc(Cl)c1OCc1ccccc1C. The van der Waals surface area contributed by atoms with Crippen LogP contribution in [-0.2, 0) is 6.61 Å². The molecule has 0 aromatic heterocycles. The molecule has 22 heavy (non-hydrogen) atoms. The molecule has 2 N–H and O–H groups in total. The summed E-state index contributed by atoms with van der Waals surface area (Å²) in [6, 6.07) is 11.0. The van der Waals surface area contributed by atoms with Crippen LogP contribution >= 0.6 is 11.6 Å². The lowest BCUT2D eigenvalue weighted by atomic mass is 10.1. The Bertz CT molecular complexity index is 686. The minimum atomic E-state index is -0.562. The highest BCUT2D eigenvalue weighted by Gasteiger charge is 2.15. The molecule has 0 saturated carbocycles. The lowest BCUT2D eigenvalue weighted by Gasteiger charge is -2.15. The van der Waals surface area contributed by atoms with Crippen LogP contribution in [0.25, 0.3) is 0 Å². The van der Waals surface area contributed by atoms with Crippen LogP contribution in [0, 0.1) is 6.92 Å². The average molecular weight is 320 g/mol. The summed E-state index contributed by atoms with van der Waals surface area (Å²) in [5.74, 6) is 0.266. The smallest absolute Gasteiger partial charge is 0.248 e. The van der Waals surface area contributed by atoms with Crippen LogP contribution in [-0.4, -0.2) is 12.5 Å². The van der Waals surface area contributed by atoms with Crippen LogP contribution in [0.15, 0.2) is 36.4 Å². The van der Waals surface area contributed by atoms with Crippen molar-refractivity contribution in [2.45, 2.75) is 20.5 Å². The van der Waals surface area contributed by atoms with Gasteiger partial charge < -0.3 is 15.2 Å². The van der Waals surface area contributed by atoms with E-state index in [-0.39, 0.29) is 5.56 Å². The summed E-state index contributed by atoms with van der Waals surface area (Å²) in [6.07, 6.45) is 0. The van der Waals surface area contributed by atoms with Gasteiger partial charge in [0.2, 0.25) is 5.91 Å². The molecular formula is C17H18ClNO3. The predicted octanol–water partition coefficient (Wildman–Crippen LogP) is 3.73. The van der Waals surface area contributed by atoms with Gasteiger partial charge in [-0.3, -0.25) is 4.79 Å². The summed E-state index contributed by atoms with van der Waals surface area (Å²) in [5, 5.41) is 0.299. The zero-order valence-electron chi connectivity index (χ0n) is 12.6. The highest BCUT2D eigenvalue weighted by molar-refractivity contribution is 6.32. The Kier molecular flexibility index (Phi) is 5.28. The fourth-order valence-corrected chi connectivity index (χ4v) is 2.30. The van der Waals surface area contributed by atoms with E-state index in [2.05, 4.69) is 0 Å². The van der Waals surface area contributed by atoms with Gasteiger partial charge in [-0.05, 0) is 37.1 Å². The van der Waals surface area contributed by atoms with E-state index in [4.69, 9.17) is 26.8 Å². The van der Waals surface area contributed by atoms with Gasteiger partial charge in [-0.25, -0.2) is 0 Å². The Morgan fingerprint density at radius 2 is 1.95 bits per heavy atom. The topological polar surface area (TPSA) is 61.5 Å². The zero-order chi connectivity index (χ0) is 16.1. The molecule has 0 saturated heterocycles. The Hall–Kier alpha value is -2.20. The molecule has 2 aromatic rings. The molecule has 0 atom stereocenters. The van der Waals surface area contributed by atoms with Crippen molar-refractivity contribution < 1.29 is 14.3 Å². The number of hydrogen-bond donors (Lipinski definition) is 1. The summed E-state index contributed by atoms with van der Waals surface area (Å²) in [7, 11) is 0. The van der Waals surface area contributed by atoms with Crippen molar-refractivity contribution in [1.82, 2.24) is 0 Å². The van der Waals surface area contributed by atoms with Gasteiger partial charge >= 0.3 is 0 Å². The van der Waals surface area contributed by atoms with Crippen molar-refractivity contribution in [2.24, 2.45) is 5.73 Å². The monoisotopic (exact) mass is 319 g/mol. The fraction of sp³-hybridized carbons (Fsp3) is 0.235. The first kappa shape index (κ1) is 16.2. The second-order valence-corrected chi connectivity index (χ2v) is 5.20. The van der Waals surface area contributed by atoms with E-state index in [0.29, 0.717) is 29.7 Å². The molecule has 4 nitrogen and oxygen atoms in total. The molecule has 0 radical (unpaired) electrons. The van der Waals surface area contributed by atoms with Crippen LogP contribution in [0.2, 0.25) is 5.02 Å². The lowest BCUT2D eigenvalue weighted by molar-refractivity contribution is 0.0999. The van der Waals surface area contributed by atoms with E-state index in [9.17, 15) is 4.79 Å². The molecule has 5 heteroatoms. The van der Waals surface area contributed by atoms with Crippen LogP contribution in [0.5, 0.6) is 11.5 Å². The molecule has 0 fully saturated rings. The van der Waals surface area contributed by atoms with E-state index in [1.807, 2.05) is 38.1 Å². The van der Waals surface area contributed by atoms with Crippen molar-refractivity contribution in [3.05, 3.63) is 58.1 Å². The Labute approximate surface area is 134 Å². The van der Waals surface area contributed by atoms with Crippen molar-refractivity contribution >= 4 is 17.5 Å². The average Bonchev–Trinajstić information content (AvgIpc) is 2.48. The van der Waals surface area contributed by atoms with Crippen molar-refractivity contribution in [2.75, 3.05) is 6.61 Å². The van der Waals surface area contributed by atoms with E-state index in [1.54, 1.807) is 6.07 Å². The third kappa shape index (κ3) is 3.71. The van der Waals surface area contributed by atoms with Gasteiger partial charge in [-0.2, -0.15) is 0 Å². The van der Waals surface area contributed by atoms with Gasteiger partial charge in [0.15, 0.2) is 11.5 Å². The Balaban J connectivity index is 2.29. The number of carbonyl (C=O) groups is 1. The van der Waals surface area contributed by atoms with Crippen molar-refractivity contribution in [3.63, 3.8) is 0 Å². The highest BCUT2D eigenvalue weighted by atomic mass is 35.5. The molecule has 116 valence electrons. The first-order valence-corrected chi connectivity index (χ1v) is 7.34. The maximum atomic E-state index is 11.3. The molecule has 0 bridgehead atoms. The second kappa shape index (κ2) is 7.18. The maximum absolute atomic E-state index is 11.3. The molecule has 1 amide bonds. The molecule has 0 aliphatic heterocycles. The summed E-state index contributed by atoms with van der Waals surface area (Å²) in [6.45, 7) is 4.65. The molecule has 0 aliphatic rings. The summed E-state index contributed by atoms with van der Waals surface area (Å²) in [5.41, 5.74) is 7.76. The van der Waals surface area contributed by atoms with Gasteiger partial charge in [0.05, 0.1) is 11.6 Å². The van der Waals surface area contributed by atoms with Gasteiger partial charge in [0, 0.05) is 5.56 Å². The van der Waals surface area contributed by atoms with Gasteiger partial charge in [0.25, 0.3) is 0 Å². The number of carbonyl (C=O) groups excluding carboxylic acids is 1. The quantitative estimate of drug-likeness (QED) is 0.882. The second-order valence-electron chi connectivity index (χ2n) is 4.80. The third-order valence-corrected chi connectivity index (χ3v) is 3.51. The zero-order valence-corrected chi connectivity index (χ0v) is 13.3. The number of rotatable bonds is 6. The van der Waals surface area contributed by atoms with Crippen molar-refractivity contribution in [3.8, 4) is 11.5 Å². The number of ether oxygens (including phenoxy) is 2. The molecule has 0 heterocycles. The largest absolute Gasteiger partial charge is 0.490 e. The van der Waals surface area contributed by atoms with Crippen LogP contribution in [0.3, 0.4) is 0 Å². The highest BCUT2D eigenvalue weighted by Crippen LogP contribution is 2.37. The minimum absolute atomic E-state index is 0.289. The first-order chi connectivity index (χ1) is 10.5. The molecular weight excluding hydrogens is 302 g/mol. The van der Waals surface area contributed by atoms with Gasteiger partial charge in [-0.1, -0.05) is 35.9 Å². The number of amides is 1. The number of nitrogens with two attached hydrogens (primary N) is 1. The molecule has 0 spiro atoms. The van der Waals surface area contributed by atoms with E-state index >= 15 is 0 Å². The van der Waals surface area contributed by atoms with Crippen LogP contribution in [0.4, 0.5) is 0 Å². The van der Waals surface area contributed by atoms with E-state index in [1.165, 1.54) is 6.07 Å². The van der Waals surface area contributed by atoms with Crippen molar-refractivity contribution in [1.29, 1.82) is 0 Å². The number of benzene rings is 2. The third-order valence-electron chi connectivity index (χ3n) is 3.23. The lowest BCUT2D eigenvalue weighted by Crippen LogP contribution is -2.12. The maximum Gasteiger partial charge on any atom is 0.248 e. The molecule has 2 aromatic carbocycles. The number of primary amides is 1. The number of aryl methyl sites for hydroxylation is 1.